The molecule has 0 saturated carbocycles. The van der Waals surface area contributed by atoms with Crippen LogP contribution in [-0.2, 0) is 0 Å². The van der Waals surface area contributed by atoms with E-state index in [2.05, 4.69) is 4.98 Å². The number of hydrogen-bond acceptors (Lipinski definition) is 3. The smallest absolute Gasteiger partial charge is 0.141 e. The Bertz CT molecular complexity index is 526. The Hall–Kier alpha value is -1.94. The molecule has 0 spiro atoms. The number of aliphatic hydroxyl groups excluding tert-OH is 1. The fraction of sp³-hybridized carbons (Fsp3) is 0.214. The summed E-state index contributed by atoms with van der Waals surface area (Å²) in [5, 5.41) is 10.1. The molecule has 1 heterocycles. The van der Waals surface area contributed by atoms with Gasteiger partial charge in [-0.2, -0.15) is 0 Å². The number of hydrogen-bond donors (Lipinski definition) is 1. The van der Waals surface area contributed by atoms with Crippen LogP contribution in [0.5, 0.6) is 0 Å². The molecule has 18 heavy (non-hydrogen) atoms. The highest BCUT2D eigenvalue weighted by molar-refractivity contribution is 5.47. The van der Waals surface area contributed by atoms with Gasteiger partial charge < -0.3 is 10.0 Å². The lowest BCUT2D eigenvalue weighted by Crippen LogP contribution is -2.08. The van der Waals surface area contributed by atoms with Crippen LogP contribution in [-0.4, -0.2) is 24.2 Å². The fourth-order valence-corrected chi connectivity index (χ4v) is 1.73. The van der Waals surface area contributed by atoms with Gasteiger partial charge in [-0.15, -0.1) is 0 Å². The summed E-state index contributed by atoms with van der Waals surface area (Å²) >= 11 is 0. The van der Waals surface area contributed by atoms with Crippen molar-refractivity contribution in [2.45, 2.75) is 6.10 Å². The van der Waals surface area contributed by atoms with E-state index in [0.29, 0.717) is 11.1 Å². The minimum atomic E-state index is -0.857. The van der Waals surface area contributed by atoms with E-state index < -0.39 is 11.9 Å². The van der Waals surface area contributed by atoms with Crippen LogP contribution >= 0.6 is 0 Å². The molecule has 2 rings (SSSR count). The summed E-state index contributed by atoms with van der Waals surface area (Å²) in [6.07, 6.45) is 1.73. The van der Waals surface area contributed by atoms with Crippen LogP contribution in [0.3, 0.4) is 0 Å². The Morgan fingerprint density at radius 1 is 1.11 bits per heavy atom. The molecule has 0 fully saturated rings. The number of pyridine rings is 1. The Kier molecular flexibility index (Phi) is 3.58. The molecule has 1 aromatic heterocycles. The number of nitrogens with zero attached hydrogens (tertiary/aromatic N) is 2. The molecule has 1 aromatic carbocycles. The Labute approximate surface area is 106 Å². The molecule has 0 aliphatic carbocycles. The van der Waals surface area contributed by atoms with Crippen LogP contribution in [0.25, 0.3) is 0 Å². The minimum absolute atomic E-state index is 0.448. The average Bonchev–Trinajstić information content (AvgIpc) is 2.38. The van der Waals surface area contributed by atoms with E-state index in [1.807, 2.05) is 43.3 Å². The predicted octanol–water partition coefficient (Wildman–Crippen LogP) is 2.37. The molecule has 0 aliphatic rings. The highest BCUT2D eigenvalue weighted by Gasteiger charge is 2.11. The molecule has 0 bridgehead atoms. The van der Waals surface area contributed by atoms with Gasteiger partial charge in [-0.25, -0.2) is 4.39 Å². The summed E-state index contributed by atoms with van der Waals surface area (Å²) in [4.78, 5) is 5.71. The summed E-state index contributed by atoms with van der Waals surface area (Å²) in [6.45, 7) is 0. The maximum Gasteiger partial charge on any atom is 0.141 e. The molecule has 0 amide bonds. The molecule has 0 saturated heterocycles. The average molecular weight is 246 g/mol. The zero-order chi connectivity index (χ0) is 13.1. The highest BCUT2D eigenvalue weighted by Crippen LogP contribution is 2.23. The van der Waals surface area contributed by atoms with Gasteiger partial charge >= 0.3 is 0 Å². The molecule has 1 atom stereocenters. The first-order chi connectivity index (χ1) is 8.58. The van der Waals surface area contributed by atoms with Crippen molar-refractivity contribution in [3.05, 3.63) is 59.7 Å². The molecule has 2 aromatic rings. The number of benzene rings is 1. The normalized spacial score (nSPS) is 12.2. The van der Waals surface area contributed by atoms with E-state index in [1.165, 1.54) is 12.3 Å². The maximum atomic E-state index is 13.0. The van der Waals surface area contributed by atoms with Crippen LogP contribution in [0, 0.1) is 5.82 Å². The lowest BCUT2D eigenvalue weighted by atomic mass is 10.0. The summed E-state index contributed by atoms with van der Waals surface area (Å²) < 4.78 is 13.0. The first kappa shape index (κ1) is 12.5. The molecule has 94 valence electrons. The van der Waals surface area contributed by atoms with Crippen molar-refractivity contribution in [2.75, 3.05) is 19.0 Å². The number of aromatic nitrogens is 1. The molecular weight excluding hydrogens is 231 g/mol. The molecule has 4 heteroatoms. The van der Waals surface area contributed by atoms with E-state index in [9.17, 15) is 9.50 Å². The maximum absolute atomic E-state index is 13.0. The van der Waals surface area contributed by atoms with Crippen molar-refractivity contribution in [1.82, 2.24) is 4.98 Å². The zero-order valence-electron chi connectivity index (χ0n) is 10.3. The van der Waals surface area contributed by atoms with Crippen LogP contribution in [0.4, 0.5) is 10.1 Å². The number of halogens is 1. The van der Waals surface area contributed by atoms with Gasteiger partial charge in [0.25, 0.3) is 0 Å². The summed E-state index contributed by atoms with van der Waals surface area (Å²) in [6, 6.07) is 8.75. The quantitative estimate of drug-likeness (QED) is 0.903. The van der Waals surface area contributed by atoms with Gasteiger partial charge in [-0.3, -0.25) is 4.98 Å². The lowest BCUT2D eigenvalue weighted by molar-refractivity contribution is 0.219. The zero-order valence-corrected chi connectivity index (χ0v) is 10.3. The summed E-state index contributed by atoms with van der Waals surface area (Å²) in [5.41, 5.74) is 2.21. The monoisotopic (exact) mass is 246 g/mol. The number of aliphatic hydroxyl groups is 1. The largest absolute Gasteiger partial charge is 0.384 e. The van der Waals surface area contributed by atoms with E-state index in [1.54, 1.807) is 0 Å². The van der Waals surface area contributed by atoms with Crippen molar-refractivity contribution in [3.8, 4) is 0 Å². The lowest BCUT2D eigenvalue weighted by Gasteiger charge is -2.15. The summed E-state index contributed by atoms with van der Waals surface area (Å²) in [5.74, 6) is -0.448. The molecule has 3 nitrogen and oxygen atoms in total. The van der Waals surface area contributed by atoms with Gasteiger partial charge in [0.1, 0.15) is 11.9 Å². The van der Waals surface area contributed by atoms with E-state index in [4.69, 9.17) is 0 Å². The first-order valence-corrected chi connectivity index (χ1v) is 5.64. The Balaban J connectivity index is 2.26. The molecule has 1 unspecified atom stereocenters. The van der Waals surface area contributed by atoms with Crippen LogP contribution in [0.15, 0.2) is 42.7 Å². The molecule has 0 radical (unpaired) electrons. The number of rotatable bonds is 3. The third kappa shape index (κ3) is 2.65. The Morgan fingerprint density at radius 3 is 2.33 bits per heavy atom. The van der Waals surface area contributed by atoms with Crippen molar-refractivity contribution in [1.29, 1.82) is 0 Å². The third-order valence-electron chi connectivity index (χ3n) is 2.77. The van der Waals surface area contributed by atoms with Gasteiger partial charge in [0.2, 0.25) is 0 Å². The second-order valence-corrected chi connectivity index (χ2v) is 4.32. The van der Waals surface area contributed by atoms with E-state index in [-0.39, 0.29) is 0 Å². The van der Waals surface area contributed by atoms with Gasteiger partial charge in [-0.1, -0.05) is 12.1 Å². The molecule has 1 N–H and O–H groups in total. The van der Waals surface area contributed by atoms with Crippen LogP contribution in [0.2, 0.25) is 0 Å². The Morgan fingerprint density at radius 2 is 1.78 bits per heavy atom. The highest BCUT2D eigenvalue weighted by atomic mass is 19.1. The van der Waals surface area contributed by atoms with Crippen molar-refractivity contribution in [3.63, 3.8) is 0 Å². The predicted molar refractivity (Wildman–Crippen MR) is 69.0 cm³/mol. The van der Waals surface area contributed by atoms with Crippen molar-refractivity contribution in [2.24, 2.45) is 0 Å². The van der Waals surface area contributed by atoms with Gasteiger partial charge in [-0.05, 0) is 23.8 Å². The number of anilines is 1. The van der Waals surface area contributed by atoms with E-state index >= 15 is 0 Å². The second kappa shape index (κ2) is 5.14. The van der Waals surface area contributed by atoms with E-state index in [0.717, 1.165) is 11.9 Å². The molecule has 0 aliphatic heterocycles. The minimum Gasteiger partial charge on any atom is -0.384 e. The second-order valence-electron chi connectivity index (χ2n) is 4.32. The van der Waals surface area contributed by atoms with Crippen LogP contribution < -0.4 is 4.90 Å². The van der Waals surface area contributed by atoms with Crippen LogP contribution in [0.1, 0.15) is 17.2 Å². The van der Waals surface area contributed by atoms with Crippen molar-refractivity contribution >= 4 is 5.69 Å². The standard InChI is InChI=1S/C14H15FN2O/c1-17(2)13-5-3-10(4-6-13)14(18)11-7-12(15)9-16-8-11/h3-9,14,18H,1-2H3. The van der Waals surface area contributed by atoms with Gasteiger partial charge in [0.15, 0.2) is 0 Å². The topological polar surface area (TPSA) is 36.4 Å². The summed E-state index contributed by atoms with van der Waals surface area (Å²) in [7, 11) is 3.89. The molecular formula is C14H15FN2O. The fourth-order valence-electron chi connectivity index (χ4n) is 1.73. The van der Waals surface area contributed by atoms with Gasteiger partial charge in [0.05, 0.1) is 6.20 Å². The van der Waals surface area contributed by atoms with Gasteiger partial charge in [0, 0.05) is 31.5 Å². The third-order valence-corrected chi connectivity index (χ3v) is 2.77. The first-order valence-electron chi connectivity index (χ1n) is 5.64. The van der Waals surface area contributed by atoms with Crippen molar-refractivity contribution < 1.29 is 9.50 Å². The SMILES string of the molecule is CN(C)c1ccc(C(O)c2cncc(F)c2)cc1.